The van der Waals surface area contributed by atoms with Crippen LogP contribution in [0.3, 0.4) is 0 Å². The number of anilines is 2. The molecule has 0 radical (unpaired) electrons. The number of halogens is 1. The Hall–Kier alpha value is -4.21. The van der Waals surface area contributed by atoms with Crippen molar-refractivity contribution in [3.8, 4) is 17.0 Å². The number of primary amides is 1. The number of nitrogens with zero attached hydrogens (tertiary/aromatic N) is 2. The first-order valence-electron chi connectivity index (χ1n) is 10.4. The molecule has 0 aliphatic rings. The van der Waals surface area contributed by atoms with Crippen LogP contribution >= 0.6 is 22.9 Å². The molecule has 0 spiro atoms. The van der Waals surface area contributed by atoms with Gasteiger partial charge in [-0.1, -0.05) is 41.9 Å². The average Bonchev–Trinajstić information content (AvgIpc) is 3.32. The lowest BCUT2D eigenvalue weighted by Crippen LogP contribution is -2.20. The topological polar surface area (TPSA) is 119 Å². The number of carbonyl (C=O) groups is 2. The minimum Gasteiger partial charge on any atom is -0.483 e. The van der Waals surface area contributed by atoms with Crippen LogP contribution in [-0.4, -0.2) is 29.6 Å². The highest BCUT2D eigenvalue weighted by atomic mass is 35.5. The number of amides is 2. The molecule has 2 amide bonds. The van der Waals surface area contributed by atoms with Crippen molar-refractivity contribution in [2.75, 3.05) is 11.9 Å². The van der Waals surface area contributed by atoms with E-state index in [1.165, 1.54) is 17.6 Å². The maximum atomic E-state index is 12.5. The van der Waals surface area contributed by atoms with E-state index in [1.807, 2.05) is 47.8 Å². The Morgan fingerprint density at radius 1 is 1.09 bits per heavy atom. The third-order valence-corrected chi connectivity index (χ3v) is 5.68. The lowest BCUT2D eigenvalue weighted by Gasteiger charge is -2.07. The summed E-state index contributed by atoms with van der Waals surface area (Å²) >= 11 is 7.52. The summed E-state index contributed by atoms with van der Waals surface area (Å²) in [6, 6.07) is 21.6. The minimum atomic E-state index is -0.610. The molecule has 1 heterocycles. The molecular formula is C25H20ClN5O3S. The van der Waals surface area contributed by atoms with Gasteiger partial charge in [0.15, 0.2) is 11.7 Å². The van der Waals surface area contributed by atoms with E-state index < -0.39 is 5.91 Å². The van der Waals surface area contributed by atoms with Gasteiger partial charge in [-0.3, -0.25) is 9.59 Å². The molecule has 4 rings (SSSR count). The van der Waals surface area contributed by atoms with Crippen molar-refractivity contribution in [3.05, 3.63) is 94.3 Å². The average molecular weight is 506 g/mol. The normalized spacial score (nSPS) is 10.8. The standard InChI is InChI=1S/C25H20ClN5O3S/c26-19-10-11-22(34-14-23(27)32)18(12-19)13-28-31-24(33)17-8-6-16(7-9-17)21-15-35-25(30-21)29-20-4-2-1-3-5-20/h1-13,15H,14H2,(H2,27,32)(H,29,30)(H,31,33)/b28-13+. The van der Waals surface area contributed by atoms with Crippen molar-refractivity contribution in [2.45, 2.75) is 0 Å². The van der Waals surface area contributed by atoms with Gasteiger partial charge >= 0.3 is 0 Å². The van der Waals surface area contributed by atoms with Gasteiger partial charge in [-0.2, -0.15) is 5.10 Å². The van der Waals surface area contributed by atoms with Crippen molar-refractivity contribution >= 4 is 51.8 Å². The van der Waals surface area contributed by atoms with Crippen LogP contribution in [0.4, 0.5) is 10.8 Å². The Bertz CT molecular complexity index is 1360. The fourth-order valence-electron chi connectivity index (χ4n) is 3.03. The van der Waals surface area contributed by atoms with Gasteiger partial charge in [0.05, 0.1) is 11.9 Å². The van der Waals surface area contributed by atoms with E-state index >= 15 is 0 Å². The van der Waals surface area contributed by atoms with E-state index in [0.717, 1.165) is 22.1 Å². The molecule has 4 N–H and O–H groups in total. The molecular weight excluding hydrogens is 486 g/mol. The molecule has 8 nitrogen and oxygen atoms in total. The van der Waals surface area contributed by atoms with Gasteiger partial charge in [0, 0.05) is 32.8 Å². The molecule has 176 valence electrons. The van der Waals surface area contributed by atoms with Crippen molar-refractivity contribution < 1.29 is 14.3 Å². The number of nitrogens with one attached hydrogen (secondary N) is 2. The minimum absolute atomic E-state index is 0.288. The number of aromatic nitrogens is 1. The summed E-state index contributed by atoms with van der Waals surface area (Å²) < 4.78 is 5.34. The van der Waals surface area contributed by atoms with E-state index in [0.29, 0.717) is 21.9 Å². The molecule has 4 aromatic rings. The molecule has 0 fully saturated rings. The van der Waals surface area contributed by atoms with Gasteiger partial charge in [0.2, 0.25) is 0 Å². The fourth-order valence-corrected chi connectivity index (χ4v) is 3.95. The van der Waals surface area contributed by atoms with Crippen LogP contribution in [0.2, 0.25) is 5.02 Å². The zero-order valence-corrected chi connectivity index (χ0v) is 19.8. The Labute approximate surface area is 210 Å². The maximum absolute atomic E-state index is 12.5. The van der Waals surface area contributed by atoms with Crippen molar-refractivity contribution in [1.82, 2.24) is 10.4 Å². The number of hydrogen-bond acceptors (Lipinski definition) is 7. The first-order chi connectivity index (χ1) is 17.0. The molecule has 0 aliphatic carbocycles. The third-order valence-electron chi connectivity index (χ3n) is 4.68. The Kier molecular flexibility index (Phi) is 7.71. The van der Waals surface area contributed by atoms with Gasteiger partial charge in [-0.05, 0) is 42.5 Å². The summed E-state index contributed by atoms with van der Waals surface area (Å²) in [4.78, 5) is 28.1. The number of para-hydroxylation sites is 1. The number of nitrogens with two attached hydrogens (primary N) is 1. The quantitative estimate of drug-likeness (QED) is 0.222. The van der Waals surface area contributed by atoms with Crippen LogP contribution in [0.15, 0.2) is 83.3 Å². The molecule has 0 aliphatic heterocycles. The second-order valence-electron chi connectivity index (χ2n) is 7.24. The Morgan fingerprint density at radius 3 is 2.60 bits per heavy atom. The summed E-state index contributed by atoms with van der Waals surface area (Å²) in [5, 5.41) is 10.4. The molecule has 0 atom stereocenters. The summed E-state index contributed by atoms with van der Waals surface area (Å²) in [7, 11) is 0. The molecule has 3 aromatic carbocycles. The predicted octanol–water partition coefficient (Wildman–Crippen LogP) is 4.84. The monoisotopic (exact) mass is 505 g/mol. The fraction of sp³-hybridized carbons (Fsp3) is 0.0400. The second-order valence-corrected chi connectivity index (χ2v) is 8.54. The number of hydrazone groups is 1. The third kappa shape index (κ3) is 6.66. The van der Waals surface area contributed by atoms with Crippen molar-refractivity contribution in [1.29, 1.82) is 0 Å². The molecule has 0 saturated carbocycles. The smallest absolute Gasteiger partial charge is 0.271 e. The molecule has 0 unspecified atom stereocenters. The lowest BCUT2D eigenvalue weighted by molar-refractivity contribution is -0.119. The summed E-state index contributed by atoms with van der Waals surface area (Å²) in [6.07, 6.45) is 1.38. The van der Waals surface area contributed by atoms with Crippen LogP contribution < -0.4 is 21.2 Å². The van der Waals surface area contributed by atoms with Gasteiger partial charge in [-0.25, -0.2) is 10.4 Å². The van der Waals surface area contributed by atoms with E-state index in [2.05, 4.69) is 20.8 Å². The van der Waals surface area contributed by atoms with E-state index in [9.17, 15) is 9.59 Å². The van der Waals surface area contributed by atoms with Crippen molar-refractivity contribution in [3.63, 3.8) is 0 Å². The highest BCUT2D eigenvalue weighted by Crippen LogP contribution is 2.27. The zero-order valence-electron chi connectivity index (χ0n) is 18.3. The summed E-state index contributed by atoms with van der Waals surface area (Å²) in [5.41, 5.74) is 11.2. The van der Waals surface area contributed by atoms with Gasteiger partial charge < -0.3 is 15.8 Å². The maximum Gasteiger partial charge on any atom is 0.271 e. The number of ether oxygens (including phenoxy) is 1. The van der Waals surface area contributed by atoms with Gasteiger partial charge in [-0.15, -0.1) is 11.3 Å². The SMILES string of the molecule is NC(=O)COc1ccc(Cl)cc1/C=N/NC(=O)c1ccc(-c2csc(Nc3ccccc3)n2)cc1. The largest absolute Gasteiger partial charge is 0.483 e. The molecule has 1 aromatic heterocycles. The molecule has 35 heavy (non-hydrogen) atoms. The van der Waals surface area contributed by atoms with Crippen LogP contribution in [0.25, 0.3) is 11.3 Å². The molecule has 10 heteroatoms. The predicted molar refractivity (Wildman–Crippen MR) is 138 cm³/mol. The number of benzene rings is 3. The van der Waals surface area contributed by atoms with Crippen LogP contribution in [0.5, 0.6) is 5.75 Å². The van der Waals surface area contributed by atoms with Gasteiger partial charge in [0.25, 0.3) is 11.8 Å². The zero-order chi connectivity index (χ0) is 24.6. The van der Waals surface area contributed by atoms with E-state index in [-0.39, 0.29) is 12.5 Å². The first-order valence-corrected chi connectivity index (χ1v) is 11.7. The lowest BCUT2D eigenvalue weighted by atomic mass is 10.1. The van der Waals surface area contributed by atoms with Crippen molar-refractivity contribution in [2.24, 2.45) is 10.8 Å². The number of carbonyl (C=O) groups excluding carboxylic acids is 2. The van der Waals surface area contributed by atoms with Crippen LogP contribution in [0, 0.1) is 0 Å². The molecule has 0 saturated heterocycles. The van der Waals surface area contributed by atoms with Crippen LogP contribution in [0.1, 0.15) is 15.9 Å². The van der Waals surface area contributed by atoms with E-state index in [4.69, 9.17) is 22.1 Å². The van der Waals surface area contributed by atoms with Crippen LogP contribution in [-0.2, 0) is 4.79 Å². The first kappa shape index (κ1) is 23.9. The van der Waals surface area contributed by atoms with Gasteiger partial charge in [0.1, 0.15) is 5.75 Å². The summed E-state index contributed by atoms with van der Waals surface area (Å²) in [5.74, 6) is -0.639. The summed E-state index contributed by atoms with van der Waals surface area (Å²) in [6.45, 7) is -0.288. The molecule has 0 bridgehead atoms. The number of hydrogen-bond donors (Lipinski definition) is 3. The Morgan fingerprint density at radius 2 is 1.86 bits per heavy atom. The number of rotatable bonds is 9. The van der Waals surface area contributed by atoms with E-state index in [1.54, 1.807) is 30.3 Å². The Balaban J connectivity index is 1.38. The number of thiazole rings is 1. The second kappa shape index (κ2) is 11.3. The highest BCUT2D eigenvalue weighted by Gasteiger charge is 2.09. The highest BCUT2D eigenvalue weighted by molar-refractivity contribution is 7.14.